The van der Waals surface area contributed by atoms with Crippen LogP contribution in [0.2, 0.25) is 0 Å². The predicted molar refractivity (Wildman–Crippen MR) is 39.2 cm³/mol. The molecule has 1 fully saturated rings. The highest BCUT2D eigenvalue weighted by Gasteiger charge is 2.23. The number of carboxylic acids is 1. The van der Waals surface area contributed by atoms with Gasteiger partial charge in [-0.25, -0.2) is 0 Å². The van der Waals surface area contributed by atoms with Gasteiger partial charge >= 0.3 is 5.97 Å². The largest absolute Gasteiger partial charge is 0.481 e. The van der Waals surface area contributed by atoms with Crippen LogP contribution >= 0.6 is 0 Å². The van der Waals surface area contributed by atoms with Crippen molar-refractivity contribution in [3.8, 4) is 0 Å². The molecule has 0 radical (unpaired) electrons. The summed E-state index contributed by atoms with van der Waals surface area (Å²) < 4.78 is 0. The van der Waals surface area contributed by atoms with Gasteiger partial charge in [-0.1, -0.05) is 12.8 Å². The molecule has 0 aromatic heterocycles. The molecule has 62 valence electrons. The number of hydrogen-bond acceptors (Lipinski definition) is 2. The molecule has 0 heterocycles. The molecule has 1 rings (SSSR count). The van der Waals surface area contributed by atoms with Gasteiger partial charge in [0.2, 0.25) is 0 Å². The van der Waals surface area contributed by atoms with Gasteiger partial charge in [0.25, 0.3) is 0 Å². The number of rotatable bonds is 3. The first kappa shape index (κ1) is 8.24. The fraction of sp³-hybridized carbons (Fsp3) is 0.750. The maximum atomic E-state index is 11.1. The van der Waals surface area contributed by atoms with Crippen LogP contribution in [-0.4, -0.2) is 16.9 Å². The monoisotopic (exact) mass is 156 g/mol. The third-order valence-electron chi connectivity index (χ3n) is 2.14. The molecule has 0 aliphatic heterocycles. The Kier molecular flexibility index (Phi) is 2.63. The average molecular weight is 156 g/mol. The molecule has 3 nitrogen and oxygen atoms in total. The number of carboxylic acid groups (broad SMARTS) is 1. The minimum absolute atomic E-state index is 0.0473. The topological polar surface area (TPSA) is 54.4 Å². The summed E-state index contributed by atoms with van der Waals surface area (Å²) in [7, 11) is 0. The van der Waals surface area contributed by atoms with E-state index in [-0.39, 0.29) is 18.1 Å². The minimum Gasteiger partial charge on any atom is -0.481 e. The Morgan fingerprint density at radius 3 is 2.27 bits per heavy atom. The van der Waals surface area contributed by atoms with Crippen LogP contribution in [0.1, 0.15) is 32.1 Å². The summed E-state index contributed by atoms with van der Waals surface area (Å²) in [6, 6.07) is 0. The van der Waals surface area contributed by atoms with Gasteiger partial charge < -0.3 is 5.11 Å². The first-order chi connectivity index (χ1) is 5.20. The van der Waals surface area contributed by atoms with Crippen molar-refractivity contribution in [2.75, 3.05) is 0 Å². The Balaban J connectivity index is 2.34. The SMILES string of the molecule is O=C(O)CC(=O)C1CCCC1. The van der Waals surface area contributed by atoms with E-state index in [1.54, 1.807) is 0 Å². The summed E-state index contributed by atoms with van der Waals surface area (Å²) in [5.74, 6) is -1.04. The lowest BCUT2D eigenvalue weighted by molar-refractivity contribution is -0.141. The molecule has 0 amide bonds. The van der Waals surface area contributed by atoms with E-state index < -0.39 is 5.97 Å². The second-order valence-electron chi connectivity index (χ2n) is 3.02. The van der Waals surface area contributed by atoms with Crippen molar-refractivity contribution in [3.63, 3.8) is 0 Å². The number of carbonyl (C=O) groups is 2. The van der Waals surface area contributed by atoms with E-state index in [0.717, 1.165) is 25.7 Å². The summed E-state index contributed by atoms with van der Waals surface area (Å²) in [6.07, 6.45) is 3.66. The highest BCUT2D eigenvalue weighted by molar-refractivity contribution is 5.96. The van der Waals surface area contributed by atoms with Crippen molar-refractivity contribution in [1.29, 1.82) is 0 Å². The quantitative estimate of drug-likeness (QED) is 0.625. The van der Waals surface area contributed by atoms with Gasteiger partial charge in [-0.2, -0.15) is 0 Å². The van der Waals surface area contributed by atoms with Crippen LogP contribution in [0.15, 0.2) is 0 Å². The maximum absolute atomic E-state index is 11.1. The van der Waals surface area contributed by atoms with Crippen molar-refractivity contribution in [2.24, 2.45) is 5.92 Å². The molecule has 3 heteroatoms. The zero-order valence-electron chi connectivity index (χ0n) is 6.38. The number of Topliss-reactive ketones (excluding diaryl/α,β-unsaturated/α-hetero) is 1. The van der Waals surface area contributed by atoms with Crippen molar-refractivity contribution in [1.82, 2.24) is 0 Å². The minimum atomic E-state index is -0.998. The molecule has 0 bridgehead atoms. The Labute approximate surface area is 65.4 Å². The summed E-state index contributed by atoms with van der Waals surface area (Å²) in [5.41, 5.74) is 0. The number of hydrogen-bond donors (Lipinski definition) is 1. The number of aliphatic carboxylic acids is 1. The van der Waals surface area contributed by atoms with E-state index in [1.165, 1.54) is 0 Å². The molecule has 11 heavy (non-hydrogen) atoms. The fourth-order valence-corrected chi connectivity index (χ4v) is 1.54. The fourth-order valence-electron chi connectivity index (χ4n) is 1.54. The van der Waals surface area contributed by atoms with Crippen LogP contribution in [0.25, 0.3) is 0 Å². The van der Waals surface area contributed by atoms with Gasteiger partial charge in [0, 0.05) is 5.92 Å². The van der Waals surface area contributed by atoms with E-state index in [0.29, 0.717) is 0 Å². The Hall–Kier alpha value is -0.860. The van der Waals surface area contributed by atoms with E-state index in [2.05, 4.69) is 0 Å². The zero-order valence-corrected chi connectivity index (χ0v) is 6.38. The molecular formula is C8H12O3. The molecule has 1 aliphatic carbocycles. The second-order valence-corrected chi connectivity index (χ2v) is 3.02. The molecule has 1 saturated carbocycles. The van der Waals surface area contributed by atoms with Crippen LogP contribution in [0.4, 0.5) is 0 Å². The lowest BCUT2D eigenvalue weighted by Crippen LogP contribution is -2.14. The third kappa shape index (κ3) is 2.33. The standard InChI is InChI=1S/C8H12O3/c9-7(5-8(10)11)6-3-1-2-4-6/h6H,1-5H2,(H,10,11). The maximum Gasteiger partial charge on any atom is 0.310 e. The third-order valence-corrected chi connectivity index (χ3v) is 2.14. The highest BCUT2D eigenvalue weighted by Crippen LogP contribution is 2.26. The van der Waals surface area contributed by atoms with Gasteiger partial charge in [0.1, 0.15) is 12.2 Å². The summed E-state index contributed by atoms with van der Waals surface area (Å²) in [6.45, 7) is 0. The van der Waals surface area contributed by atoms with Crippen LogP contribution in [0.3, 0.4) is 0 Å². The molecule has 0 spiro atoms. The first-order valence-electron chi connectivity index (χ1n) is 3.94. The van der Waals surface area contributed by atoms with Crippen molar-refractivity contribution in [3.05, 3.63) is 0 Å². The summed E-state index contributed by atoms with van der Waals surface area (Å²) in [5, 5.41) is 8.32. The summed E-state index contributed by atoms with van der Waals surface area (Å²) >= 11 is 0. The van der Waals surface area contributed by atoms with E-state index in [4.69, 9.17) is 5.11 Å². The molecule has 0 atom stereocenters. The highest BCUT2D eigenvalue weighted by atomic mass is 16.4. The molecule has 0 aromatic carbocycles. The number of ketones is 1. The van der Waals surface area contributed by atoms with E-state index in [1.807, 2.05) is 0 Å². The Morgan fingerprint density at radius 1 is 1.27 bits per heavy atom. The molecule has 1 aliphatic rings. The average Bonchev–Trinajstić information content (AvgIpc) is 2.35. The van der Waals surface area contributed by atoms with E-state index >= 15 is 0 Å². The van der Waals surface area contributed by atoms with Gasteiger partial charge in [-0.15, -0.1) is 0 Å². The molecule has 0 aromatic rings. The van der Waals surface area contributed by atoms with Crippen molar-refractivity contribution >= 4 is 11.8 Å². The zero-order chi connectivity index (χ0) is 8.27. The van der Waals surface area contributed by atoms with Crippen LogP contribution in [-0.2, 0) is 9.59 Å². The van der Waals surface area contributed by atoms with Gasteiger partial charge in [0.05, 0.1) is 0 Å². The van der Waals surface area contributed by atoms with Crippen LogP contribution in [0, 0.1) is 5.92 Å². The lowest BCUT2D eigenvalue weighted by Gasteiger charge is -2.03. The summed E-state index contributed by atoms with van der Waals surface area (Å²) in [4.78, 5) is 21.2. The van der Waals surface area contributed by atoms with Gasteiger partial charge in [0.15, 0.2) is 0 Å². The molecule has 0 saturated heterocycles. The molecule has 0 unspecified atom stereocenters. The smallest absolute Gasteiger partial charge is 0.310 e. The van der Waals surface area contributed by atoms with Crippen molar-refractivity contribution in [2.45, 2.75) is 32.1 Å². The van der Waals surface area contributed by atoms with Gasteiger partial charge in [-0.3, -0.25) is 9.59 Å². The van der Waals surface area contributed by atoms with Crippen LogP contribution in [0.5, 0.6) is 0 Å². The molecule has 1 N–H and O–H groups in total. The Morgan fingerprint density at radius 2 is 1.82 bits per heavy atom. The van der Waals surface area contributed by atoms with Gasteiger partial charge in [-0.05, 0) is 12.8 Å². The number of carbonyl (C=O) groups excluding carboxylic acids is 1. The first-order valence-corrected chi connectivity index (χ1v) is 3.94. The predicted octanol–water partition coefficient (Wildman–Crippen LogP) is 1.22. The second kappa shape index (κ2) is 3.51. The lowest BCUT2D eigenvalue weighted by atomic mass is 10.0. The van der Waals surface area contributed by atoms with E-state index in [9.17, 15) is 9.59 Å². The molecular weight excluding hydrogens is 144 g/mol. The van der Waals surface area contributed by atoms with Crippen LogP contribution < -0.4 is 0 Å². The normalized spacial score (nSPS) is 18.5. The van der Waals surface area contributed by atoms with Crippen molar-refractivity contribution < 1.29 is 14.7 Å². The Bertz CT molecular complexity index is 168.